The van der Waals surface area contributed by atoms with E-state index in [4.69, 9.17) is 4.98 Å². The third kappa shape index (κ3) is 3.24. The number of aromatic nitrogens is 5. The number of alkyl halides is 1. The van der Waals surface area contributed by atoms with E-state index in [2.05, 4.69) is 25.7 Å². The molecule has 4 rings (SSSR count). The van der Waals surface area contributed by atoms with Gasteiger partial charge in [-0.2, -0.15) is 5.10 Å². The van der Waals surface area contributed by atoms with Crippen molar-refractivity contribution in [2.45, 2.75) is 25.4 Å². The molecule has 2 N–H and O–H groups in total. The van der Waals surface area contributed by atoms with Crippen LogP contribution in [0.15, 0.2) is 24.7 Å². The number of hydrogen-bond acceptors (Lipinski definition) is 6. The van der Waals surface area contributed by atoms with Crippen molar-refractivity contribution >= 4 is 16.9 Å². The highest BCUT2D eigenvalue weighted by Crippen LogP contribution is 2.28. The standard InChI is InChI=1S/C18H22FN7/c1-12-13(9-26(2)25-12)14-8-15-16(22-7-6-21-15)17(24-14)23-11-18(19)4-3-5-20-10-18/h6-9,20H,3-5,10-11H2,1-2H3,(H,23,24)/t18-/m1/s1. The minimum atomic E-state index is -1.28. The lowest BCUT2D eigenvalue weighted by atomic mass is 9.96. The van der Waals surface area contributed by atoms with Gasteiger partial charge >= 0.3 is 0 Å². The molecule has 1 aliphatic heterocycles. The third-order valence-electron chi connectivity index (χ3n) is 4.74. The quantitative estimate of drug-likeness (QED) is 0.747. The van der Waals surface area contributed by atoms with Crippen molar-refractivity contribution in [3.05, 3.63) is 30.4 Å². The first-order valence-electron chi connectivity index (χ1n) is 8.80. The summed E-state index contributed by atoms with van der Waals surface area (Å²) in [6.45, 7) is 3.35. The Kier molecular flexibility index (Phi) is 4.28. The van der Waals surface area contributed by atoms with Gasteiger partial charge in [-0.25, -0.2) is 14.4 Å². The van der Waals surface area contributed by atoms with Gasteiger partial charge in [-0.1, -0.05) is 0 Å². The summed E-state index contributed by atoms with van der Waals surface area (Å²) in [5, 5.41) is 10.7. The van der Waals surface area contributed by atoms with E-state index >= 15 is 0 Å². The Balaban J connectivity index is 1.71. The third-order valence-corrected chi connectivity index (χ3v) is 4.74. The van der Waals surface area contributed by atoms with Crippen LogP contribution in [0.2, 0.25) is 0 Å². The summed E-state index contributed by atoms with van der Waals surface area (Å²) in [5.74, 6) is 0.552. The van der Waals surface area contributed by atoms with Gasteiger partial charge in [0.2, 0.25) is 0 Å². The van der Waals surface area contributed by atoms with Crippen LogP contribution < -0.4 is 10.6 Å². The number of fused-ring (bicyclic) bond motifs is 1. The van der Waals surface area contributed by atoms with E-state index in [0.717, 1.165) is 35.4 Å². The van der Waals surface area contributed by atoms with E-state index in [-0.39, 0.29) is 6.54 Å². The van der Waals surface area contributed by atoms with E-state index in [0.29, 0.717) is 24.3 Å². The van der Waals surface area contributed by atoms with E-state index in [1.807, 2.05) is 26.2 Å². The topological polar surface area (TPSA) is 80.5 Å². The molecular formula is C18H22FN7. The largest absolute Gasteiger partial charge is 0.365 e. The zero-order valence-electron chi connectivity index (χ0n) is 15.0. The van der Waals surface area contributed by atoms with Crippen LogP contribution in [0.3, 0.4) is 0 Å². The Labute approximate surface area is 151 Å². The molecule has 3 aromatic heterocycles. The van der Waals surface area contributed by atoms with Gasteiger partial charge in [-0.15, -0.1) is 0 Å². The second-order valence-corrected chi connectivity index (χ2v) is 6.87. The number of rotatable bonds is 4. The molecule has 0 spiro atoms. The maximum Gasteiger partial charge on any atom is 0.155 e. The molecule has 26 heavy (non-hydrogen) atoms. The molecule has 7 nitrogen and oxygen atoms in total. The lowest BCUT2D eigenvalue weighted by Gasteiger charge is -2.30. The molecule has 1 aliphatic rings. The van der Waals surface area contributed by atoms with Gasteiger partial charge in [0.25, 0.3) is 0 Å². The Morgan fingerprint density at radius 3 is 2.92 bits per heavy atom. The van der Waals surface area contributed by atoms with Crippen LogP contribution in [0.25, 0.3) is 22.3 Å². The lowest BCUT2D eigenvalue weighted by Crippen LogP contribution is -2.46. The van der Waals surface area contributed by atoms with E-state index in [1.165, 1.54) is 0 Å². The Morgan fingerprint density at radius 2 is 2.19 bits per heavy atom. The maximum absolute atomic E-state index is 14.9. The summed E-state index contributed by atoms with van der Waals surface area (Å²) in [4.78, 5) is 13.5. The summed E-state index contributed by atoms with van der Waals surface area (Å²) in [5.41, 5.74) is 2.64. The van der Waals surface area contributed by atoms with Crippen molar-refractivity contribution in [1.29, 1.82) is 0 Å². The highest BCUT2D eigenvalue weighted by Gasteiger charge is 2.31. The van der Waals surface area contributed by atoms with E-state index in [1.54, 1.807) is 17.1 Å². The molecule has 0 bridgehead atoms. The number of nitrogens with one attached hydrogen (secondary N) is 2. The second kappa shape index (κ2) is 6.60. The fraction of sp³-hybridized carbons (Fsp3) is 0.444. The van der Waals surface area contributed by atoms with Crippen LogP contribution in [0, 0.1) is 6.92 Å². The van der Waals surface area contributed by atoms with Crippen molar-refractivity contribution in [2.75, 3.05) is 25.0 Å². The highest BCUT2D eigenvalue weighted by molar-refractivity contribution is 5.88. The zero-order chi connectivity index (χ0) is 18.1. The minimum Gasteiger partial charge on any atom is -0.365 e. The molecular weight excluding hydrogens is 333 g/mol. The van der Waals surface area contributed by atoms with Crippen molar-refractivity contribution in [1.82, 2.24) is 30.0 Å². The first kappa shape index (κ1) is 16.8. The molecule has 1 saturated heterocycles. The van der Waals surface area contributed by atoms with Crippen molar-refractivity contribution in [3.63, 3.8) is 0 Å². The van der Waals surface area contributed by atoms with Gasteiger partial charge in [0.05, 0.1) is 23.4 Å². The molecule has 8 heteroatoms. The number of nitrogens with zero attached hydrogens (tertiary/aromatic N) is 5. The van der Waals surface area contributed by atoms with Crippen molar-refractivity contribution < 1.29 is 4.39 Å². The Hall–Kier alpha value is -2.61. The van der Waals surface area contributed by atoms with Gasteiger partial charge in [-0.05, 0) is 32.4 Å². The van der Waals surface area contributed by atoms with Gasteiger partial charge in [0.1, 0.15) is 11.2 Å². The number of hydrogen-bond donors (Lipinski definition) is 2. The number of pyridine rings is 1. The molecule has 0 aromatic carbocycles. The fourth-order valence-electron chi connectivity index (χ4n) is 3.41. The minimum absolute atomic E-state index is 0.189. The predicted octanol–water partition coefficient (Wildman–Crippen LogP) is 2.24. The van der Waals surface area contributed by atoms with E-state index in [9.17, 15) is 4.39 Å². The van der Waals surface area contributed by atoms with Crippen LogP contribution in [-0.2, 0) is 7.05 Å². The maximum atomic E-state index is 14.9. The van der Waals surface area contributed by atoms with Crippen LogP contribution >= 0.6 is 0 Å². The number of halogens is 1. The lowest BCUT2D eigenvalue weighted by molar-refractivity contribution is 0.137. The van der Waals surface area contributed by atoms with Gasteiger partial charge in [0.15, 0.2) is 5.82 Å². The first-order chi connectivity index (χ1) is 12.5. The molecule has 0 radical (unpaired) electrons. The molecule has 0 aliphatic carbocycles. The molecule has 0 amide bonds. The number of aryl methyl sites for hydroxylation is 2. The van der Waals surface area contributed by atoms with Crippen LogP contribution in [0.5, 0.6) is 0 Å². The molecule has 4 heterocycles. The number of piperidine rings is 1. The van der Waals surface area contributed by atoms with E-state index < -0.39 is 5.67 Å². The highest BCUT2D eigenvalue weighted by atomic mass is 19.1. The SMILES string of the molecule is Cc1nn(C)cc1-c1cc2nccnc2c(NC[C@@]2(F)CCCNC2)n1. The average Bonchev–Trinajstić information content (AvgIpc) is 2.98. The molecule has 0 unspecified atom stereocenters. The number of anilines is 1. The van der Waals surface area contributed by atoms with Gasteiger partial charge in [-0.3, -0.25) is 9.67 Å². The summed E-state index contributed by atoms with van der Waals surface area (Å²) < 4.78 is 16.7. The second-order valence-electron chi connectivity index (χ2n) is 6.87. The molecule has 136 valence electrons. The molecule has 3 aromatic rings. The van der Waals surface area contributed by atoms with Crippen molar-refractivity contribution in [2.24, 2.45) is 7.05 Å². The van der Waals surface area contributed by atoms with Gasteiger partial charge in [0, 0.05) is 37.7 Å². The Morgan fingerprint density at radius 1 is 1.35 bits per heavy atom. The molecule has 1 fully saturated rings. The normalized spacial score (nSPS) is 20.4. The smallest absolute Gasteiger partial charge is 0.155 e. The monoisotopic (exact) mass is 355 g/mol. The van der Waals surface area contributed by atoms with Gasteiger partial charge < -0.3 is 10.6 Å². The summed E-state index contributed by atoms with van der Waals surface area (Å²) in [7, 11) is 1.87. The molecule has 0 saturated carbocycles. The molecule has 1 atom stereocenters. The zero-order valence-corrected chi connectivity index (χ0v) is 15.0. The predicted molar refractivity (Wildman–Crippen MR) is 98.7 cm³/mol. The summed E-state index contributed by atoms with van der Waals surface area (Å²) >= 11 is 0. The first-order valence-corrected chi connectivity index (χ1v) is 8.80. The summed E-state index contributed by atoms with van der Waals surface area (Å²) in [6, 6.07) is 1.89. The average molecular weight is 355 g/mol. The Bertz CT molecular complexity index is 930. The van der Waals surface area contributed by atoms with Crippen molar-refractivity contribution in [3.8, 4) is 11.3 Å². The van der Waals surface area contributed by atoms with Crippen LogP contribution in [0.1, 0.15) is 18.5 Å². The van der Waals surface area contributed by atoms with Crippen LogP contribution in [0.4, 0.5) is 10.2 Å². The fourth-order valence-corrected chi connectivity index (χ4v) is 3.41. The van der Waals surface area contributed by atoms with Crippen LogP contribution in [-0.4, -0.2) is 50.0 Å². The summed E-state index contributed by atoms with van der Waals surface area (Å²) in [6.07, 6.45) is 6.57.